The van der Waals surface area contributed by atoms with Crippen molar-refractivity contribution in [2.75, 3.05) is 33.9 Å². The van der Waals surface area contributed by atoms with Gasteiger partial charge in [-0.15, -0.1) is 0 Å². The van der Waals surface area contributed by atoms with E-state index in [4.69, 9.17) is 14.2 Å². The van der Waals surface area contributed by atoms with Crippen LogP contribution in [0.25, 0.3) is 0 Å². The minimum absolute atomic E-state index is 0.0870. The maximum atomic E-state index is 5.78. The molecule has 1 aromatic rings. The third-order valence-electron chi connectivity index (χ3n) is 2.95. The molecule has 0 spiro atoms. The molecule has 1 aliphatic rings. The van der Waals surface area contributed by atoms with E-state index in [-0.39, 0.29) is 6.10 Å². The molecule has 1 heterocycles. The summed E-state index contributed by atoms with van der Waals surface area (Å²) in [4.78, 5) is 0. The van der Waals surface area contributed by atoms with Crippen LogP contribution in [0.15, 0.2) is 18.2 Å². The van der Waals surface area contributed by atoms with Gasteiger partial charge in [0.25, 0.3) is 0 Å². The lowest BCUT2D eigenvalue weighted by Gasteiger charge is -2.26. The predicted molar refractivity (Wildman–Crippen MR) is 65.3 cm³/mol. The van der Waals surface area contributed by atoms with Crippen LogP contribution in [0.4, 0.5) is 0 Å². The lowest BCUT2D eigenvalue weighted by molar-refractivity contribution is 0.0259. The number of nitrogens with one attached hydrogen (secondary N) is 1. The summed E-state index contributed by atoms with van der Waals surface area (Å²) in [5.41, 5.74) is 2.23. The van der Waals surface area contributed by atoms with Gasteiger partial charge in [0.15, 0.2) is 0 Å². The highest BCUT2D eigenvalue weighted by Gasteiger charge is 2.20. The van der Waals surface area contributed by atoms with Gasteiger partial charge in [0.1, 0.15) is 5.75 Å². The Morgan fingerprint density at radius 1 is 1.41 bits per heavy atom. The van der Waals surface area contributed by atoms with Crippen molar-refractivity contribution >= 4 is 0 Å². The molecule has 0 aromatic heterocycles. The van der Waals surface area contributed by atoms with Gasteiger partial charge >= 0.3 is 0 Å². The molecule has 0 amide bonds. The van der Waals surface area contributed by atoms with Crippen molar-refractivity contribution in [1.29, 1.82) is 0 Å². The van der Waals surface area contributed by atoms with Gasteiger partial charge in [0.2, 0.25) is 0 Å². The van der Waals surface area contributed by atoms with Gasteiger partial charge in [-0.1, -0.05) is 12.1 Å². The summed E-state index contributed by atoms with van der Waals surface area (Å²) in [5.74, 6) is 0.860. The Balaban J connectivity index is 2.30. The number of rotatable bonds is 4. The third-order valence-corrected chi connectivity index (χ3v) is 2.95. The summed E-state index contributed by atoms with van der Waals surface area (Å²) >= 11 is 0. The zero-order valence-corrected chi connectivity index (χ0v) is 10.4. The lowest BCUT2D eigenvalue weighted by atomic mass is 10.0. The van der Waals surface area contributed by atoms with Crippen molar-refractivity contribution in [2.24, 2.45) is 0 Å². The Labute approximate surface area is 102 Å². The second kappa shape index (κ2) is 6.00. The molecule has 2 rings (SSSR count). The number of morpholine rings is 1. The van der Waals surface area contributed by atoms with Gasteiger partial charge in [-0.05, 0) is 11.6 Å². The van der Waals surface area contributed by atoms with Crippen molar-refractivity contribution in [3.63, 3.8) is 0 Å². The fourth-order valence-electron chi connectivity index (χ4n) is 2.14. The highest BCUT2D eigenvalue weighted by Crippen LogP contribution is 2.29. The molecule has 4 heteroatoms. The summed E-state index contributed by atoms with van der Waals surface area (Å²) in [5, 5.41) is 3.33. The second-order valence-electron chi connectivity index (χ2n) is 4.02. The van der Waals surface area contributed by atoms with Crippen LogP contribution >= 0.6 is 0 Å². The molecule has 1 fully saturated rings. The summed E-state index contributed by atoms with van der Waals surface area (Å²) in [6.45, 7) is 3.04. The topological polar surface area (TPSA) is 39.7 Å². The van der Waals surface area contributed by atoms with Crippen LogP contribution in [0, 0.1) is 0 Å². The van der Waals surface area contributed by atoms with E-state index in [1.807, 2.05) is 12.1 Å². The molecule has 4 nitrogen and oxygen atoms in total. The van der Waals surface area contributed by atoms with E-state index in [0.29, 0.717) is 6.61 Å². The molecule has 0 saturated carbocycles. The number of hydrogen-bond acceptors (Lipinski definition) is 4. The Morgan fingerprint density at radius 3 is 2.94 bits per heavy atom. The zero-order valence-electron chi connectivity index (χ0n) is 10.4. The molecule has 17 heavy (non-hydrogen) atoms. The van der Waals surface area contributed by atoms with E-state index < -0.39 is 0 Å². The van der Waals surface area contributed by atoms with Crippen LogP contribution in [0.2, 0.25) is 0 Å². The standard InChI is InChI=1S/C13H19NO3/c1-15-9-11-10(4-3-5-12(11)16-2)13-8-14-6-7-17-13/h3-5,13-14H,6-9H2,1-2H3. The summed E-state index contributed by atoms with van der Waals surface area (Å²) in [6, 6.07) is 6.02. The quantitative estimate of drug-likeness (QED) is 0.861. The smallest absolute Gasteiger partial charge is 0.124 e. The molecular formula is C13H19NO3. The van der Waals surface area contributed by atoms with Crippen molar-refractivity contribution in [1.82, 2.24) is 5.32 Å². The van der Waals surface area contributed by atoms with Gasteiger partial charge in [-0.2, -0.15) is 0 Å². The normalized spacial score (nSPS) is 20.2. The van der Waals surface area contributed by atoms with Gasteiger partial charge in [-0.3, -0.25) is 0 Å². The first-order chi connectivity index (χ1) is 8.36. The Hall–Kier alpha value is -1.10. The van der Waals surface area contributed by atoms with Crippen LogP contribution in [-0.4, -0.2) is 33.9 Å². The zero-order chi connectivity index (χ0) is 12.1. The number of benzene rings is 1. The largest absolute Gasteiger partial charge is 0.496 e. The van der Waals surface area contributed by atoms with Crippen LogP contribution in [0.5, 0.6) is 5.75 Å². The van der Waals surface area contributed by atoms with E-state index in [1.54, 1.807) is 14.2 Å². The fraction of sp³-hybridized carbons (Fsp3) is 0.538. The Kier molecular flexibility index (Phi) is 4.36. The van der Waals surface area contributed by atoms with E-state index >= 15 is 0 Å². The highest BCUT2D eigenvalue weighted by molar-refractivity contribution is 5.41. The average Bonchev–Trinajstić information content (AvgIpc) is 2.40. The second-order valence-corrected chi connectivity index (χ2v) is 4.02. The molecule has 1 saturated heterocycles. The van der Waals surface area contributed by atoms with Crippen LogP contribution in [-0.2, 0) is 16.1 Å². The first kappa shape index (κ1) is 12.4. The molecule has 1 N–H and O–H groups in total. The van der Waals surface area contributed by atoms with E-state index in [9.17, 15) is 0 Å². The van der Waals surface area contributed by atoms with Crippen LogP contribution < -0.4 is 10.1 Å². The molecule has 0 radical (unpaired) electrons. The average molecular weight is 237 g/mol. The Bertz CT molecular complexity index is 362. The summed E-state index contributed by atoms with van der Waals surface area (Å²) in [6.07, 6.45) is 0.0870. The van der Waals surface area contributed by atoms with E-state index in [2.05, 4.69) is 11.4 Å². The monoisotopic (exact) mass is 237 g/mol. The number of methoxy groups -OCH3 is 2. The van der Waals surface area contributed by atoms with Crippen LogP contribution in [0.1, 0.15) is 17.2 Å². The van der Waals surface area contributed by atoms with E-state index in [0.717, 1.165) is 36.6 Å². The molecule has 1 aliphatic heterocycles. The molecule has 94 valence electrons. The number of hydrogen-bond donors (Lipinski definition) is 1. The lowest BCUT2D eigenvalue weighted by Crippen LogP contribution is -2.33. The van der Waals surface area contributed by atoms with Gasteiger partial charge in [0.05, 0.1) is 26.4 Å². The van der Waals surface area contributed by atoms with Crippen LogP contribution in [0.3, 0.4) is 0 Å². The Morgan fingerprint density at radius 2 is 2.29 bits per heavy atom. The predicted octanol–water partition coefficient (Wildman–Crippen LogP) is 1.50. The first-order valence-corrected chi connectivity index (χ1v) is 5.84. The number of ether oxygens (including phenoxy) is 3. The maximum Gasteiger partial charge on any atom is 0.124 e. The van der Waals surface area contributed by atoms with Crippen molar-refractivity contribution in [2.45, 2.75) is 12.7 Å². The van der Waals surface area contributed by atoms with Gasteiger partial charge in [-0.25, -0.2) is 0 Å². The van der Waals surface area contributed by atoms with Crippen molar-refractivity contribution in [3.05, 3.63) is 29.3 Å². The molecule has 1 atom stereocenters. The van der Waals surface area contributed by atoms with Gasteiger partial charge in [0, 0.05) is 25.8 Å². The molecule has 0 aliphatic carbocycles. The van der Waals surface area contributed by atoms with Crippen molar-refractivity contribution in [3.8, 4) is 5.75 Å². The fourth-order valence-corrected chi connectivity index (χ4v) is 2.14. The first-order valence-electron chi connectivity index (χ1n) is 5.84. The minimum Gasteiger partial charge on any atom is -0.496 e. The third kappa shape index (κ3) is 2.77. The SMILES string of the molecule is COCc1c(OC)cccc1C1CNCCO1. The summed E-state index contributed by atoms with van der Waals surface area (Å²) < 4.78 is 16.4. The highest BCUT2D eigenvalue weighted by atomic mass is 16.5. The molecule has 1 aromatic carbocycles. The summed E-state index contributed by atoms with van der Waals surface area (Å²) in [7, 11) is 3.37. The maximum absolute atomic E-state index is 5.78. The van der Waals surface area contributed by atoms with E-state index in [1.165, 1.54) is 0 Å². The molecule has 0 bridgehead atoms. The van der Waals surface area contributed by atoms with Gasteiger partial charge < -0.3 is 19.5 Å². The van der Waals surface area contributed by atoms with Crippen molar-refractivity contribution < 1.29 is 14.2 Å². The molecule has 1 unspecified atom stereocenters. The minimum atomic E-state index is 0.0870. The molecular weight excluding hydrogens is 218 g/mol.